The number of para-hydroxylation sites is 1. The molecule has 1 aromatic heterocycles. The van der Waals surface area contributed by atoms with E-state index in [0.717, 1.165) is 17.1 Å². The van der Waals surface area contributed by atoms with Crippen LogP contribution in [0, 0.1) is 0 Å². The van der Waals surface area contributed by atoms with Gasteiger partial charge in [-0.25, -0.2) is 0 Å². The van der Waals surface area contributed by atoms with E-state index in [1.807, 2.05) is 47.4 Å². The van der Waals surface area contributed by atoms with Crippen molar-refractivity contribution in [3.05, 3.63) is 80.7 Å². The number of anilines is 2. The second-order valence-electron chi connectivity index (χ2n) is 4.83. The second-order valence-corrected chi connectivity index (χ2v) is 5.71. The first-order chi connectivity index (χ1) is 10.6. The number of rotatable bonds is 4. The number of aromatic amines is 2. The molecule has 0 aliphatic rings. The van der Waals surface area contributed by atoms with Crippen LogP contribution in [0.3, 0.4) is 0 Å². The minimum absolute atomic E-state index is 0.160. The van der Waals surface area contributed by atoms with Crippen molar-refractivity contribution in [2.75, 3.05) is 4.90 Å². The fourth-order valence-corrected chi connectivity index (χ4v) is 2.78. The Morgan fingerprint density at radius 2 is 1.55 bits per heavy atom. The van der Waals surface area contributed by atoms with E-state index in [-0.39, 0.29) is 5.56 Å². The SMILES string of the molecule is O=c1cc(CN(c2ccccc2)c2cc(Cl)cc(Cl)c2)[nH][nH]1. The molecule has 2 N–H and O–H groups in total. The molecular formula is C16H13Cl2N3O. The summed E-state index contributed by atoms with van der Waals surface area (Å²) in [5.41, 5.74) is 2.44. The molecule has 0 aliphatic carbocycles. The molecule has 0 unspecified atom stereocenters. The molecule has 0 saturated carbocycles. The topological polar surface area (TPSA) is 51.9 Å². The number of H-pyrrole nitrogens is 2. The summed E-state index contributed by atoms with van der Waals surface area (Å²) in [5, 5.41) is 6.52. The van der Waals surface area contributed by atoms with Crippen LogP contribution in [0.5, 0.6) is 0 Å². The number of aromatic nitrogens is 2. The molecule has 0 amide bonds. The smallest absolute Gasteiger partial charge is 0.264 e. The maximum atomic E-state index is 11.3. The molecular weight excluding hydrogens is 321 g/mol. The van der Waals surface area contributed by atoms with Crippen molar-refractivity contribution in [2.45, 2.75) is 6.54 Å². The first kappa shape index (κ1) is 14.8. The molecule has 1 heterocycles. The van der Waals surface area contributed by atoms with Gasteiger partial charge in [-0.1, -0.05) is 41.4 Å². The predicted octanol–water partition coefficient (Wildman–Crippen LogP) is 4.35. The van der Waals surface area contributed by atoms with Crippen LogP contribution in [0.15, 0.2) is 59.4 Å². The number of benzene rings is 2. The fourth-order valence-electron chi connectivity index (χ4n) is 2.26. The van der Waals surface area contributed by atoms with Crippen molar-refractivity contribution in [3.8, 4) is 0 Å². The number of nitrogens with one attached hydrogen (secondary N) is 2. The van der Waals surface area contributed by atoms with E-state index in [0.29, 0.717) is 16.6 Å². The highest BCUT2D eigenvalue weighted by Crippen LogP contribution is 2.31. The van der Waals surface area contributed by atoms with Crippen LogP contribution in [0.1, 0.15) is 5.69 Å². The van der Waals surface area contributed by atoms with Gasteiger partial charge in [0.1, 0.15) is 0 Å². The van der Waals surface area contributed by atoms with Gasteiger partial charge in [0.2, 0.25) is 0 Å². The van der Waals surface area contributed by atoms with E-state index in [9.17, 15) is 4.79 Å². The molecule has 112 valence electrons. The van der Waals surface area contributed by atoms with Crippen LogP contribution < -0.4 is 10.5 Å². The fraction of sp³-hybridized carbons (Fsp3) is 0.0625. The molecule has 6 heteroatoms. The molecule has 0 saturated heterocycles. The van der Waals surface area contributed by atoms with Crippen molar-refractivity contribution < 1.29 is 0 Å². The van der Waals surface area contributed by atoms with Crippen LogP contribution in [-0.2, 0) is 6.54 Å². The summed E-state index contributed by atoms with van der Waals surface area (Å²) in [5.74, 6) is 0. The van der Waals surface area contributed by atoms with Crippen LogP contribution in [-0.4, -0.2) is 10.2 Å². The Kier molecular flexibility index (Phi) is 4.22. The van der Waals surface area contributed by atoms with Crippen molar-refractivity contribution in [3.63, 3.8) is 0 Å². The predicted molar refractivity (Wildman–Crippen MR) is 90.2 cm³/mol. The second kappa shape index (κ2) is 6.30. The highest BCUT2D eigenvalue weighted by atomic mass is 35.5. The minimum atomic E-state index is -0.160. The Labute approximate surface area is 137 Å². The summed E-state index contributed by atoms with van der Waals surface area (Å²) in [6.07, 6.45) is 0. The van der Waals surface area contributed by atoms with Gasteiger partial charge in [-0.15, -0.1) is 0 Å². The van der Waals surface area contributed by atoms with Gasteiger partial charge in [-0.05, 0) is 30.3 Å². The highest BCUT2D eigenvalue weighted by molar-refractivity contribution is 6.35. The Morgan fingerprint density at radius 3 is 2.14 bits per heavy atom. The van der Waals surface area contributed by atoms with Crippen LogP contribution in [0.2, 0.25) is 10.0 Å². The maximum absolute atomic E-state index is 11.3. The van der Waals surface area contributed by atoms with E-state index in [1.54, 1.807) is 6.07 Å². The zero-order chi connectivity index (χ0) is 15.5. The van der Waals surface area contributed by atoms with E-state index in [4.69, 9.17) is 23.2 Å². The molecule has 0 atom stereocenters. The lowest BCUT2D eigenvalue weighted by Gasteiger charge is -2.25. The van der Waals surface area contributed by atoms with Crippen molar-refractivity contribution in [1.82, 2.24) is 10.2 Å². The van der Waals surface area contributed by atoms with Crippen molar-refractivity contribution >= 4 is 34.6 Å². The zero-order valence-corrected chi connectivity index (χ0v) is 13.0. The molecule has 0 fully saturated rings. The molecule has 0 aliphatic heterocycles. The average molecular weight is 334 g/mol. The van der Waals surface area contributed by atoms with Crippen LogP contribution in [0.4, 0.5) is 11.4 Å². The van der Waals surface area contributed by atoms with Gasteiger partial charge in [0.25, 0.3) is 5.56 Å². The molecule has 3 rings (SSSR count). The number of hydrogen-bond acceptors (Lipinski definition) is 2. The Morgan fingerprint density at radius 1 is 0.864 bits per heavy atom. The third kappa shape index (κ3) is 3.35. The molecule has 4 nitrogen and oxygen atoms in total. The first-order valence-corrected chi connectivity index (χ1v) is 7.43. The molecule has 22 heavy (non-hydrogen) atoms. The van der Waals surface area contributed by atoms with Gasteiger partial charge < -0.3 is 10.00 Å². The van der Waals surface area contributed by atoms with E-state index < -0.39 is 0 Å². The highest BCUT2D eigenvalue weighted by Gasteiger charge is 2.12. The van der Waals surface area contributed by atoms with Gasteiger partial charge in [-0.3, -0.25) is 9.89 Å². The first-order valence-electron chi connectivity index (χ1n) is 6.67. The Balaban J connectivity index is 2.04. The van der Waals surface area contributed by atoms with Crippen molar-refractivity contribution in [2.24, 2.45) is 0 Å². The summed E-state index contributed by atoms with van der Waals surface area (Å²) in [6.45, 7) is 0.486. The van der Waals surface area contributed by atoms with Crippen molar-refractivity contribution in [1.29, 1.82) is 0 Å². The Hall–Kier alpha value is -2.17. The van der Waals surface area contributed by atoms with Crippen LogP contribution >= 0.6 is 23.2 Å². The normalized spacial score (nSPS) is 10.6. The lowest BCUT2D eigenvalue weighted by molar-refractivity contribution is 0.900. The van der Waals surface area contributed by atoms with Crippen LogP contribution in [0.25, 0.3) is 0 Å². The minimum Gasteiger partial charge on any atom is -0.335 e. The number of nitrogens with zero attached hydrogens (tertiary/aromatic N) is 1. The number of hydrogen-bond donors (Lipinski definition) is 2. The lowest BCUT2D eigenvalue weighted by Crippen LogP contribution is -2.16. The van der Waals surface area contributed by atoms with Gasteiger partial charge in [0.15, 0.2) is 0 Å². The molecule has 2 aromatic carbocycles. The molecule has 0 bridgehead atoms. The number of halogens is 2. The summed E-state index contributed by atoms with van der Waals surface area (Å²) < 4.78 is 0. The van der Waals surface area contributed by atoms with E-state index in [1.165, 1.54) is 6.07 Å². The summed E-state index contributed by atoms with van der Waals surface area (Å²) >= 11 is 12.2. The van der Waals surface area contributed by atoms with E-state index in [2.05, 4.69) is 10.2 Å². The summed E-state index contributed by atoms with van der Waals surface area (Å²) in [6, 6.07) is 16.7. The molecule has 3 aromatic rings. The third-order valence-corrected chi connectivity index (χ3v) is 3.64. The zero-order valence-electron chi connectivity index (χ0n) is 11.5. The van der Waals surface area contributed by atoms with E-state index >= 15 is 0 Å². The largest absolute Gasteiger partial charge is 0.335 e. The third-order valence-electron chi connectivity index (χ3n) is 3.21. The quantitative estimate of drug-likeness (QED) is 0.745. The Bertz CT molecular complexity index is 806. The average Bonchev–Trinajstić information content (AvgIpc) is 2.90. The standard InChI is InChI=1S/C16H13Cl2N3O/c17-11-6-12(18)8-15(7-11)21(14-4-2-1-3-5-14)10-13-9-16(22)20-19-13/h1-9H,10H2,(H2,19,20,22). The maximum Gasteiger partial charge on any atom is 0.264 e. The lowest BCUT2D eigenvalue weighted by atomic mass is 10.2. The van der Waals surface area contributed by atoms with Gasteiger partial charge in [-0.2, -0.15) is 0 Å². The summed E-state index contributed by atoms with van der Waals surface area (Å²) in [7, 11) is 0. The van der Waals surface area contributed by atoms with Gasteiger partial charge >= 0.3 is 0 Å². The van der Waals surface area contributed by atoms with Gasteiger partial charge in [0, 0.05) is 27.5 Å². The van der Waals surface area contributed by atoms with Gasteiger partial charge in [0.05, 0.1) is 12.2 Å². The molecule has 0 spiro atoms. The molecule has 0 radical (unpaired) electrons. The monoisotopic (exact) mass is 333 g/mol. The summed E-state index contributed by atoms with van der Waals surface area (Å²) in [4.78, 5) is 13.3.